The first-order chi connectivity index (χ1) is 7.02. The maximum atomic E-state index is 11.4. The lowest BCUT2D eigenvalue weighted by Crippen LogP contribution is -2.42. The lowest BCUT2D eigenvalue weighted by molar-refractivity contribution is -0.191. The fourth-order valence-electron chi connectivity index (χ4n) is 0.489. The van der Waals surface area contributed by atoms with Gasteiger partial charge in [-0.2, -0.15) is 0 Å². The molecule has 2 N–H and O–H groups in total. The molecule has 0 saturated heterocycles. The number of nitrogens with one attached hydrogen (secondary N) is 2. The van der Waals surface area contributed by atoms with Gasteiger partial charge in [0.25, 0.3) is 0 Å². The number of hydrogen-bond donors (Lipinski definition) is 2. The normalized spacial score (nSPS) is 12.1. The summed E-state index contributed by atoms with van der Waals surface area (Å²) in [5.74, 6) is -0.421. The van der Waals surface area contributed by atoms with Gasteiger partial charge < -0.3 is 4.84 Å². The van der Waals surface area contributed by atoms with Gasteiger partial charge in [0.2, 0.25) is 5.91 Å². The first-order valence-corrected chi connectivity index (χ1v) is 4.97. The zero-order chi connectivity index (χ0) is 13.0. The molecule has 0 aliphatic carbocycles. The Morgan fingerprint density at radius 3 is 1.88 bits per heavy atom. The summed E-state index contributed by atoms with van der Waals surface area (Å²) in [7, 11) is 0. The van der Waals surface area contributed by atoms with Crippen LogP contribution in [0.25, 0.3) is 0 Å². The van der Waals surface area contributed by atoms with Crippen LogP contribution in [-0.4, -0.2) is 17.6 Å². The van der Waals surface area contributed by atoms with E-state index in [-0.39, 0.29) is 0 Å². The van der Waals surface area contributed by atoms with Crippen LogP contribution in [0.15, 0.2) is 0 Å². The Kier molecular flexibility index (Phi) is 4.89. The minimum absolute atomic E-state index is 0.421. The minimum Gasteiger partial charge on any atom is -0.327 e. The molecule has 0 saturated carbocycles. The molecule has 0 aromatic rings. The van der Waals surface area contributed by atoms with Gasteiger partial charge in [-0.15, -0.1) is 0 Å². The molecular weight excluding hydrogens is 212 g/mol. The van der Waals surface area contributed by atoms with E-state index < -0.39 is 23.0 Å². The summed E-state index contributed by atoms with van der Waals surface area (Å²) in [6, 6.07) is 0. The zero-order valence-corrected chi connectivity index (χ0v) is 10.6. The molecule has 0 unspecified atom stereocenters. The second-order valence-corrected chi connectivity index (χ2v) is 5.39. The molecular formula is C10H20N2O4. The van der Waals surface area contributed by atoms with Crippen molar-refractivity contribution in [1.29, 1.82) is 0 Å². The van der Waals surface area contributed by atoms with E-state index in [1.54, 1.807) is 41.5 Å². The molecule has 0 spiro atoms. The lowest BCUT2D eigenvalue weighted by Gasteiger charge is -2.19. The summed E-state index contributed by atoms with van der Waals surface area (Å²) < 4.78 is 0. The van der Waals surface area contributed by atoms with Crippen molar-refractivity contribution in [2.24, 2.45) is 5.41 Å². The van der Waals surface area contributed by atoms with Gasteiger partial charge in [-0.1, -0.05) is 20.8 Å². The fourth-order valence-corrected chi connectivity index (χ4v) is 0.489. The van der Waals surface area contributed by atoms with Crippen molar-refractivity contribution in [3.05, 3.63) is 0 Å². The predicted octanol–water partition coefficient (Wildman–Crippen LogP) is 1.52. The number of amides is 2. The molecule has 16 heavy (non-hydrogen) atoms. The van der Waals surface area contributed by atoms with Crippen molar-refractivity contribution >= 4 is 12.0 Å². The van der Waals surface area contributed by atoms with Crippen LogP contribution in [0, 0.1) is 5.41 Å². The van der Waals surface area contributed by atoms with Crippen molar-refractivity contribution in [2.45, 2.75) is 47.1 Å². The number of carbonyl (C=O) groups excluding carboxylic acids is 2. The maximum Gasteiger partial charge on any atom is 0.434 e. The minimum atomic E-state index is -0.899. The number of imide groups is 1. The zero-order valence-electron chi connectivity index (χ0n) is 10.6. The van der Waals surface area contributed by atoms with Crippen molar-refractivity contribution in [1.82, 2.24) is 11.0 Å². The van der Waals surface area contributed by atoms with E-state index in [9.17, 15) is 9.59 Å². The van der Waals surface area contributed by atoms with Crippen molar-refractivity contribution in [3.8, 4) is 0 Å². The third-order valence-corrected chi connectivity index (χ3v) is 1.38. The lowest BCUT2D eigenvalue weighted by atomic mass is 9.96. The molecule has 0 radical (unpaired) electrons. The molecule has 6 nitrogen and oxygen atoms in total. The van der Waals surface area contributed by atoms with Crippen LogP contribution >= 0.6 is 0 Å². The molecule has 0 rings (SSSR count). The van der Waals surface area contributed by atoms with Crippen molar-refractivity contribution in [2.75, 3.05) is 0 Å². The quantitative estimate of drug-likeness (QED) is 0.706. The molecule has 0 aliphatic rings. The molecule has 0 heterocycles. The fraction of sp³-hybridized carbons (Fsp3) is 0.800. The number of hydrogen-bond acceptors (Lipinski definition) is 5. The summed E-state index contributed by atoms with van der Waals surface area (Å²) >= 11 is 0. The largest absolute Gasteiger partial charge is 0.434 e. The van der Waals surface area contributed by atoms with Crippen LogP contribution in [0.4, 0.5) is 4.79 Å². The first-order valence-electron chi connectivity index (χ1n) is 4.97. The van der Waals surface area contributed by atoms with Crippen LogP contribution in [0.3, 0.4) is 0 Å². The van der Waals surface area contributed by atoms with Gasteiger partial charge in [0.15, 0.2) is 0 Å². The monoisotopic (exact) mass is 232 g/mol. The predicted molar refractivity (Wildman–Crippen MR) is 58.1 cm³/mol. The molecule has 94 valence electrons. The van der Waals surface area contributed by atoms with Crippen LogP contribution in [0.5, 0.6) is 0 Å². The highest BCUT2D eigenvalue weighted by Gasteiger charge is 2.24. The van der Waals surface area contributed by atoms with Crippen LogP contribution in [0.1, 0.15) is 41.5 Å². The van der Waals surface area contributed by atoms with Crippen LogP contribution in [-0.2, 0) is 14.5 Å². The van der Waals surface area contributed by atoms with E-state index in [0.29, 0.717) is 0 Å². The highest BCUT2D eigenvalue weighted by molar-refractivity contribution is 5.94. The first kappa shape index (κ1) is 14.9. The molecule has 0 fully saturated rings. The van der Waals surface area contributed by atoms with E-state index in [4.69, 9.17) is 4.84 Å². The van der Waals surface area contributed by atoms with Crippen LogP contribution in [0.2, 0.25) is 0 Å². The number of carbonyl (C=O) groups is 2. The average molecular weight is 232 g/mol. The summed E-state index contributed by atoms with van der Waals surface area (Å²) in [4.78, 5) is 31.8. The smallest absolute Gasteiger partial charge is 0.327 e. The van der Waals surface area contributed by atoms with Crippen molar-refractivity contribution < 1.29 is 19.3 Å². The molecule has 0 bridgehead atoms. The Hall–Kier alpha value is -1.14. The van der Waals surface area contributed by atoms with Gasteiger partial charge in [0.05, 0.1) is 5.60 Å². The molecule has 2 amide bonds. The van der Waals surface area contributed by atoms with E-state index in [0.717, 1.165) is 0 Å². The molecule has 0 aromatic heterocycles. The Morgan fingerprint density at radius 2 is 1.50 bits per heavy atom. The standard InChI is InChI=1S/C10H20N2O4/c1-9(2,3)7(13)11-8(14)15-12-16-10(4,5)6/h12H,1-6H3,(H,11,13,14). The van der Waals surface area contributed by atoms with E-state index in [1.807, 2.05) is 5.64 Å². The average Bonchev–Trinajstić information content (AvgIpc) is 1.99. The summed E-state index contributed by atoms with van der Waals surface area (Å²) in [6.07, 6.45) is -0.899. The Labute approximate surface area is 95.6 Å². The van der Waals surface area contributed by atoms with E-state index in [1.165, 1.54) is 0 Å². The van der Waals surface area contributed by atoms with Crippen LogP contribution < -0.4 is 11.0 Å². The SMILES string of the molecule is CC(C)(C)ONOC(=O)NC(=O)C(C)(C)C. The van der Waals surface area contributed by atoms with Gasteiger partial charge in [-0.25, -0.2) is 4.79 Å². The van der Waals surface area contributed by atoms with Gasteiger partial charge >= 0.3 is 6.09 Å². The second-order valence-electron chi connectivity index (χ2n) is 5.39. The highest BCUT2D eigenvalue weighted by Crippen LogP contribution is 2.12. The van der Waals surface area contributed by atoms with E-state index >= 15 is 0 Å². The summed E-state index contributed by atoms with van der Waals surface area (Å²) in [6.45, 7) is 10.4. The molecule has 0 atom stereocenters. The third-order valence-electron chi connectivity index (χ3n) is 1.38. The van der Waals surface area contributed by atoms with Crippen molar-refractivity contribution in [3.63, 3.8) is 0 Å². The van der Waals surface area contributed by atoms with Gasteiger partial charge in [0, 0.05) is 5.41 Å². The Balaban J connectivity index is 3.89. The topological polar surface area (TPSA) is 76.7 Å². The third kappa shape index (κ3) is 7.19. The van der Waals surface area contributed by atoms with Gasteiger partial charge in [-0.3, -0.25) is 14.9 Å². The maximum absolute atomic E-state index is 11.4. The van der Waals surface area contributed by atoms with E-state index in [2.05, 4.69) is 10.2 Å². The molecule has 0 aromatic carbocycles. The Bertz CT molecular complexity index is 263. The highest BCUT2D eigenvalue weighted by atomic mass is 16.9. The van der Waals surface area contributed by atoms with Gasteiger partial charge in [-0.05, 0) is 26.4 Å². The summed E-state index contributed by atoms with van der Waals surface area (Å²) in [5.41, 5.74) is 0.877. The second kappa shape index (κ2) is 5.27. The number of rotatable bonds is 2. The Morgan fingerprint density at radius 1 is 1.00 bits per heavy atom. The molecule has 0 aliphatic heterocycles. The van der Waals surface area contributed by atoms with Gasteiger partial charge in [0.1, 0.15) is 0 Å². The molecule has 6 heteroatoms. The summed E-state index contributed by atoms with van der Waals surface area (Å²) in [5, 5.41) is 2.06.